The zero-order chi connectivity index (χ0) is 20.4. The molecule has 0 saturated carbocycles. The van der Waals surface area contributed by atoms with Crippen molar-refractivity contribution in [2.75, 3.05) is 0 Å². The van der Waals surface area contributed by atoms with Crippen LogP contribution in [0.2, 0.25) is 0 Å². The third kappa shape index (κ3) is 4.06. The molecule has 1 aromatic carbocycles. The van der Waals surface area contributed by atoms with Crippen LogP contribution >= 0.6 is 0 Å². The second-order valence-corrected chi connectivity index (χ2v) is 8.01. The Bertz CT molecular complexity index is 983. The molecular formula is C24H30N4. The maximum atomic E-state index is 5.06. The molecule has 0 fully saturated rings. The number of hydrogen-bond donors (Lipinski definition) is 0. The minimum absolute atomic E-state index is 0.416. The number of aliphatic imine (C=N–C) groups is 1. The third-order valence-corrected chi connectivity index (χ3v) is 4.95. The average molecular weight is 375 g/mol. The fourth-order valence-corrected chi connectivity index (χ4v) is 3.47. The fourth-order valence-electron chi connectivity index (χ4n) is 3.47. The van der Waals surface area contributed by atoms with Gasteiger partial charge in [0.1, 0.15) is 0 Å². The molecule has 2 aromatic heterocycles. The van der Waals surface area contributed by atoms with Crippen molar-refractivity contribution in [2.24, 2.45) is 4.99 Å². The van der Waals surface area contributed by atoms with Crippen LogP contribution in [0.5, 0.6) is 0 Å². The molecule has 146 valence electrons. The van der Waals surface area contributed by atoms with Crippen LogP contribution in [0.4, 0.5) is 5.69 Å². The first-order chi connectivity index (χ1) is 13.3. The van der Waals surface area contributed by atoms with Crippen molar-refractivity contribution in [3.05, 3.63) is 70.7 Å². The molecule has 0 aliphatic heterocycles. The van der Waals surface area contributed by atoms with Gasteiger partial charge in [-0.3, -0.25) is 4.99 Å². The molecule has 0 amide bonds. The molecule has 4 nitrogen and oxygen atoms in total. The van der Waals surface area contributed by atoms with Gasteiger partial charge in [-0.1, -0.05) is 52.0 Å². The summed E-state index contributed by atoms with van der Waals surface area (Å²) in [5.41, 5.74) is 7.49. The molecule has 0 unspecified atom stereocenters. The van der Waals surface area contributed by atoms with Crippen LogP contribution in [0.25, 0.3) is 5.82 Å². The Balaban J connectivity index is 2.08. The summed E-state index contributed by atoms with van der Waals surface area (Å²) in [5.74, 6) is 1.65. The van der Waals surface area contributed by atoms with Gasteiger partial charge in [0.2, 0.25) is 0 Å². The Morgan fingerprint density at radius 2 is 1.54 bits per heavy atom. The van der Waals surface area contributed by atoms with Gasteiger partial charge in [-0.15, -0.1) is 0 Å². The first-order valence-electron chi connectivity index (χ1n) is 9.97. The van der Waals surface area contributed by atoms with Crippen molar-refractivity contribution in [1.82, 2.24) is 14.8 Å². The largest absolute Gasteiger partial charge is 0.251 e. The summed E-state index contributed by atoms with van der Waals surface area (Å²) < 4.78 is 1.88. The number of hydrogen-bond acceptors (Lipinski definition) is 3. The van der Waals surface area contributed by atoms with Gasteiger partial charge in [0.05, 0.1) is 22.8 Å². The highest BCUT2D eigenvalue weighted by atomic mass is 15.3. The van der Waals surface area contributed by atoms with Crippen LogP contribution in [-0.4, -0.2) is 20.5 Å². The lowest BCUT2D eigenvalue weighted by Gasteiger charge is -2.17. The van der Waals surface area contributed by atoms with E-state index in [-0.39, 0.29) is 0 Å². The molecule has 2 heterocycles. The van der Waals surface area contributed by atoms with Gasteiger partial charge >= 0.3 is 0 Å². The highest BCUT2D eigenvalue weighted by Gasteiger charge is 2.14. The Morgan fingerprint density at radius 1 is 0.929 bits per heavy atom. The Hall–Kier alpha value is -2.75. The normalized spacial score (nSPS) is 12.2. The molecule has 4 heteroatoms. The maximum absolute atomic E-state index is 5.06. The van der Waals surface area contributed by atoms with E-state index in [1.54, 1.807) is 0 Å². The number of aromatic nitrogens is 3. The molecule has 0 aliphatic rings. The van der Waals surface area contributed by atoms with Crippen molar-refractivity contribution in [1.29, 1.82) is 0 Å². The van der Waals surface area contributed by atoms with E-state index in [0.29, 0.717) is 11.8 Å². The van der Waals surface area contributed by atoms with Crippen LogP contribution in [0.3, 0.4) is 0 Å². The minimum Gasteiger partial charge on any atom is -0.251 e. The average Bonchev–Trinajstić information content (AvgIpc) is 2.99. The topological polar surface area (TPSA) is 43.1 Å². The lowest BCUT2D eigenvalue weighted by molar-refractivity contribution is 0.805. The molecule has 0 aliphatic carbocycles. The van der Waals surface area contributed by atoms with Gasteiger partial charge in [0.15, 0.2) is 5.82 Å². The molecule has 3 aromatic rings. The van der Waals surface area contributed by atoms with Gasteiger partial charge in [0, 0.05) is 5.69 Å². The van der Waals surface area contributed by atoms with Crippen molar-refractivity contribution in [3.63, 3.8) is 0 Å². The van der Waals surface area contributed by atoms with Gasteiger partial charge in [-0.25, -0.2) is 9.67 Å². The Morgan fingerprint density at radius 3 is 2.07 bits per heavy atom. The summed E-state index contributed by atoms with van der Waals surface area (Å²) in [4.78, 5) is 9.89. The summed E-state index contributed by atoms with van der Waals surface area (Å²) in [6.45, 7) is 14.9. The van der Waals surface area contributed by atoms with Gasteiger partial charge in [-0.2, -0.15) is 5.10 Å². The number of aryl methyl sites for hydroxylation is 2. The van der Waals surface area contributed by atoms with E-state index in [9.17, 15) is 0 Å². The van der Waals surface area contributed by atoms with Gasteiger partial charge < -0.3 is 0 Å². The van der Waals surface area contributed by atoms with Crippen LogP contribution in [0.1, 0.15) is 74.7 Å². The monoisotopic (exact) mass is 374 g/mol. The van der Waals surface area contributed by atoms with Crippen molar-refractivity contribution < 1.29 is 0 Å². The number of para-hydroxylation sites is 1. The first kappa shape index (κ1) is 20.0. The third-order valence-electron chi connectivity index (χ3n) is 4.95. The molecule has 28 heavy (non-hydrogen) atoms. The maximum Gasteiger partial charge on any atom is 0.154 e. The second-order valence-electron chi connectivity index (χ2n) is 8.01. The predicted molar refractivity (Wildman–Crippen MR) is 117 cm³/mol. The molecule has 0 saturated heterocycles. The molecule has 3 rings (SSSR count). The molecule has 0 N–H and O–H groups in total. The minimum atomic E-state index is 0.416. The van der Waals surface area contributed by atoms with E-state index in [1.165, 1.54) is 11.1 Å². The van der Waals surface area contributed by atoms with Gasteiger partial charge in [-0.05, 0) is 61.9 Å². The quantitative estimate of drug-likeness (QED) is 0.494. The van der Waals surface area contributed by atoms with Crippen LogP contribution in [-0.2, 0) is 0 Å². The van der Waals surface area contributed by atoms with E-state index in [1.807, 2.05) is 43.7 Å². The number of nitrogens with zero attached hydrogens (tertiary/aromatic N) is 4. The standard InChI is InChI=1S/C24H30N4/c1-15(2)20-10-8-11-21(16(3)4)24(20)25-19(7)22-12-9-13-23(26-22)28-18(6)14-17(5)27-28/h8-16H,1-7H3. The van der Waals surface area contributed by atoms with E-state index in [2.05, 4.69) is 57.1 Å². The summed E-state index contributed by atoms with van der Waals surface area (Å²) in [6, 6.07) is 14.6. The first-order valence-corrected chi connectivity index (χ1v) is 9.97. The SMILES string of the molecule is CC(=Nc1c(C(C)C)cccc1C(C)C)c1cccc(-n2nc(C)cc2C)n1. The van der Waals surface area contributed by atoms with Crippen molar-refractivity contribution in [2.45, 2.75) is 60.3 Å². The molecule has 0 spiro atoms. The highest BCUT2D eigenvalue weighted by Crippen LogP contribution is 2.35. The zero-order valence-electron chi connectivity index (χ0n) is 18.0. The fraction of sp³-hybridized carbons (Fsp3) is 0.375. The van der Waals surface area contributed by atoms with Gasteiger partial charge in [0.25, 0.3) is 0 Å². The summed E-state index contributed by atoms with van der Waals surface area (Å²) >= 11 is 0. The summed E-state index contributed by atoms with van der Waals surface area (Å²) in [7, 11) is 0. The van der Waals surface area contributed by atoms with Crippen molar-refractivity contribution in [3.8, 4) is 5.82 Å². The Labute approximate surface area is 168 Å². The van der Waals surface area contributed by atoms with E-state index >= 15 is 0 Å². The number of benzene rings is 1. The van der Waals surface area contributed by atoms with Crippen LogP contribution in [0.15, 0.2) is 47.5 Å². The number of pyridine rings is 1. The summed E-state index contributed by atoms with van der Waals surface area (Å²) in [5, 5.41) is 4.55. The van der Waals surface area contributed by atoms with Crippen molar-refractivity contribution >= 4 is 11.4 Å². The highest BCUT2D eigenvalue weighted by molar-refractivity contribution is 5.99. The van der Waals surface area contributed by atoms with E-state index in [0.717, 1.165) is 34.3 Å². The van der Waals surface area contributed by atoms with E-state index < -0.39 is 0 Å². The lowest BCUT2D eigenvalue weighted by atomic mass is 9.93. The second kappa shape index (κ2) is 8.09. The number of rotatable bonds is 5. The predicted octanol–water partition coefficient (Wildman–Crippen LogP) is 6.27. The zero-order valence-corrected chi connectivity index (χ0v) is 18.0. The summed E-state index contributed by atoms with van der Waals surface area (Å²) in [6.07, 6.45) is 0. The lowest BCUT2D eigenvalue weighted by Crippen LogP contribution is -2.07. The van der Waals surface area contributed by atoms with Crippen LogP contribution in [0, 0.1) is 13.8 Å². The Kier molecular flexibility index (Phi) is 5.78. The molecule has 0 atom stereocenters. The molecule has 0 radical (unpaired) electrons. The van der Waals surface area contributed by atoms with E-state index in [4.69, 9.17) is 9.98 Å². The molecular weight excluding hydrogens is 344 g/mol. The van der Waals surface area contributed by atoms with Crippen LogP contribution < -0.4 is 0 Å². The smallest absolute Gasteiger partial charge is 0.154 e. The molecule has 0 bridgehead atoms.